The highest BCUT2D eigenvalue weighted by Crippen LogP contribution is 2.34. The van der Waals surface area contributed by atoms with Gasteiger partial charge in [-0.05, 0) is 44.9 Å². The van der Waals surface area contributed by atoms with E-state index in [0.717, 1.165) is 16.5 Å². The molecule has 150 valence electrons. The van der Waals surface area contributed by atoms with Crippen LogP contribution in [0.1, 0.15) is 47.8 Å². The Kier molecular flexibility index (Phi) is 5.74. The molecule has 0 saturated carbocycles. The molecule has 0 aliphatic carbocycles. The normalized spacial score (nSPS) is 11.2. The Labute approximate surface area is 162 Å². The van der Waals surface area contributed by atoms with Gasteiger partial charge in [-0.25, -0.2) is 4.68 Å². The van der Waals surface area contributed by atoms with Crippen molar-refractivity contribution in [2.75, 3.05) is 6.26 Å². The van der Waals surface area contributed by atoms with E-state index >= 15 is 0 Å². The van der Waals surface area contributed by atoms with Gasteiger partial charge in [0, 0.05) is 18.7 Å². The summed E-state index contributed by atoms with van der Waals surface area (Å²) in [6, 6.07) is 2.63. The van der Waals surface area contributed by atoms with E-state index < -0.39 is 20.8 Å². The molecule has 28 heavy (non-hydrogen) atoms. The lowest BCUT2D eigenvalue weighted by molar-refractivity contribution is -0.385. The van der Waals surface area contributed by atoms with Gasteiger partial charge in [0.2, 0.25) is 5.88 Å². The smallest absolute Gasteiger partial charge is 0.307 e. The topological polar surface area (TPSA) is 121 Å². The molecule has 0 unspecified atom stereocenters. The molecule has 0 radical (unpaired) electrons. The molecule has 0 amide bonds. The predicted octanol–water partition coefficient (Wildman–Crippen LogP) is 3.02. The largest absolute Gasteiger partial charge is 0.361 e. The highest BCUT2D eigenvalue weighted by Gasteiger charge is 2.27. The Morgan fingerprint density at radius 2 is 1.82 bits per heavy atom. The van der Waals surface area contributed by atoms with Crippen molar-refractivity contribution in [3.8, 4) is 5.88 Å². The molecule has 0 aliphatic rings. The number of aromatic nitrogens is 2. The molecule has 2 rings (SSSR count). The third-order valence-corrected chi connectivity index (χ3v) is 4.83. The first-order valence-electron chi connectivity index (χ1n) is 8.23. The predicted molar refractivity (Wildman–Crippen MR) is 104 cm³/mol. The van der Waals surface area contributed by atoms with Crippen molar-refractivity contribution in [3.63, 3.8) is 0 Å². The lowest BCUT2D eigenvalue weighted by Crippen LogP contribution is -2.13. The van der Waals surface area contributed by atoms with Gasteiger partial charge >= 0.3 is 10.1 Å². The molecule has 1 heterocycles. The third-order valence-electron chi connectivity index (χ3n) is 4.37. The fourth-order valence-electron chi connectivity index (χ4n) is 2.79. The van der Waals surface area contributed by atoms with Gasteiger partial charge in [0.25, 0.3) is 5.69 Å². The molecule has 0 bridgehead atoms. The van der Waals surface area contributed by atoms with Crippen LogP contribution < -0.4 is 4.18 Å². The molecule has 0 spiro atoms. The Morgan fingerprint density at radius 3 is 2.32 bits per heavy atom. The fraction of sp³-hybridized carbons (Fsp3) is 0.333. The summed E-state index contributed by atoms with van der Waals surface area (Å²) in [7, 11) is -2.44. The molecule has 0 atom stereocenters. The van der Waals surface area contributed by atoms with Gasteiger partial charge in [-0.1, -0.05) is 5.57 Å². The van der Waals surface area contributed by atoms with E-state index in [-0.39, 0.29) is 22.7 Å². The Hall–Kier alpha value is -3.01. The Bertz CT molecular complexity index is 1110. The summed E-state index contributed by atoms with van der Waals surface area (Å²) in [6.45, 7) is 7.02. The van der Waals surface area contributed by atoms with Crippen LogP contribution in [0, 0.1) is 17.0 Å². The summed E-state index contributed by atoms with van der Waals surface area (Å²) in [6.07, 6.45) is 2.07. The minimum Gasteiger partial charge on any atom is -0.361 e. The second kappa shape index (κ2) is 7.55. The number of aryl methyl sites for hydroxylation is 1. The molecule has 0 N–H and O–H groups in total. The van der Waals surface area contributed by atoms with Crippen molar-refractivity contribution < 1.29 is 22.3 Å². The first-order chi connectivity index (χ1) is 12.8. The maximum Gasteiger partial charge on any atom is 0.307 e. The van der Waals surface area contributed by atoms with Crippen molar-refractivity contribution in [1.29, 1.82) is 0 Å². The molecule has 2 aromatic rings. The minimum atomic E-state index is -3.88. The van der Waals surface area contributed by atoms with Gasteiger partial charge in [0.15, 0.2) is 5.78 Å². The standard InChI is InChI=1S/C18H21N3O6S/c1-10(2)11(3)16-12(4)13(7-8-15(16)21(23)24)17(22)14-9-19-20(5)18(14)27-28(6,25)26/h7-9H,1-6H3. The highest BCUT2D eigenvalue weighted by atomic mass is 32.2. The van der Waals surface area contributed by atoms with E-state index in [9.17, 15) is 23.3 Å². The summed E-state index contributed by atoms with van der Waals surface area (Å²) < 4.78 is 29.1. The number of rotatable bonds is 6. The number of nitro benzene ring substituents is 1. The summed E-state index contributed by atoms with van der Waals surface area (Å²) in [4.78, 5) is 24.1. The van der Waals surface area contributed by atoms with E-state index in [1.165, 1.54) is 25.4 Å². The zero-order valence-corrected chi connectivity index (χ0v) is 17.2. The average Bonchev–Trinajstić information content (AvgIpc) is 2.92. The van der Waals surface area contributed by atoms with Crippen molar-refractivity contribution in [3.05, 3.63) is 56.3 Å². The van der Waals surface area contributed by atoms with Crippen LogP contribution in [0.15, 0.2) is 23.9 Å². The van der Waals surface area contributed by atoms with Crippen LogP contribution in [0.4, 0.5) is 5.69 Å². The second-order valence-corrected chi connectivity index (χ2v) is 8.19. The number of ketones is 1. The molecule has 0 saturated heterocycles. The maximum absolute atomic E-state index is 13.1. The summed E-state index contributed by atoms with van der Waals surface area (Å²) in [5.41, 5.74) is 2.40. The van der Waals surface area contributed by atoms with Crippen LogP contribution in [0.2, 0.25) is 0 Å². The lowest BCUT2D eigenvalue weighted by Gasteiger charge is -2.13. The van der Waals surface area contributed by atoms with Gasteiger partial charge in [-0.3, -0.25) is 14.9 Å². The number of nitro groups is 1. The quantitative estimate of drug-likeness (QED) is 0.312. The van der Waals surface area contributed by atoms with E-state index in [1.54, 1.807) is 13.8 Å². The highest BCUT2D eigenvalue weighted by molar-refractivity contribution is 7.86. The third kappa shape index (κ3) is 4.11. The summed E-state index contributed by atoms with van der Waals surface area (Å²) >= 11 is 0. The maximum atomic E-state index is 13.1. The molecule has 1 aromatic carbocycles. The van der Waals surface area contributed by atoms with Crippen LogP contribution in [0.25, 0.3) is 5.57 Å². The molecule has 10 heteroatoms. The molecule has 9 nitrogen and oxygen atoms in total. The molecule has 0 aliphatic heterocycles. The van der Waals surface area contributed by atoms with E-state index in [0.29, 0.717) is 16.7 Å². The van der Waals surface area contributed by atoms with Gasteiger partial charge in [0.05, 0.1) is 22.9 Å². The summed E-state index contributed by atoms with van der Waals surface area (Å²) in [5, 5.41) is 15.4. The van der Waals surface area contributed by atoms with Gasteiger partial charge in [0.1, 0.15) is 5.56 Å². The molecular formula is C18H21N3O6S. The van der Waals surface area contributed by atoms with Crippen LogP contribution in [0.5, 0.6) is 5.88 Å². The number of hydrogen-bond acceptors (Lipinski definition) is 7. The van der Waals surface area contributed by atoms with Crippen molar-refractivity contribution in [2.24, 2.45) is 7.05 Å². The first-order valence-corrected chi connectivity index (χ1v) is 10.1. The minimum absolute atomic E-state index is 0.0503. The van der Waals surface area contributed by atoms with E-state index in [1.807, 2.05) is 13.8 Å². The number of allylic oxidation sites excluding steroid dienone is 2. The van der Waals surface area contributed by atoms with Gasteiger partial charge in [-0.2, -0.15) is 13.5 Å². The number of nitrogens with zero attached hydrogens (tertiary/aromatic N) is 3. The van der Waals surface area contributed by atoms with Crippen LogP contribution in [0.3, 0.4) is 0 Å². The van der Waals surface area contributed by atoms with Crippen molar-refractivity contribution >= 4 is 27.2 Å². The molecule has 0 fully saturated rings. The average molecular weight is 407 g/mol. The van der Waals surface area contributed by atoms with E-state index in [2.05, 4.69) is 5.10 Å². The van der Waals surface area contributed by atoms with Crippen LogP contribution >= 0.6 is 0 Å². The van der Waals surface area contributed by atoms with Crippen LogP contribution in [-0.2, 0) is 17.2 Å². The Morgan fingerprint density at radius 1 is 1.21 bits per heavy atom. The fourth-order valence-corrected chi connectivity index (χ4v) is 3.27. The second-order valence-electron chi connectivity index (χ2n) is 6.62. The lowest BCUT2D eigenvalue weighted by atomic mass is 9.90. The summed E-state index contributed by atoms with van der Waals surface area (Å²) in [5.74, 6) is -0.757. The van der Waals surface area contributed by atoms with Crippen molar-refractivity contribution in [2.45, 2.75) is 27.7 Å². The zero-order chi connectivity index (χ0) is 21.4. The number of benzene rings is 1. The van der Waals surface area contributed by atoms with Gasteiger partial charge < -0.3 is 4.18 Å². The molecular weight excluding hydrogens is 386 g/mol. The monoisotopic (exact) mass is 407 g/mol. The SMILES string of the molecule is CC(C)=C(C)c1c([N+](=O)[O-])ccc(C(=O)c2cnn(C)c2OS(C)(=O)=O)c1C. The molecule has 1 aromatic heterocycles. The van der Waals surface area contributed by atoms with Crippen LogP contribution in [-0.4, -0.2) is 35.2 Å². The number of carbonyl (C=O) groups is 1. The zero-order valence-electron chi connectivity index (χ0n) is 16.4. The van der Waals surface area contributed by atoms with Gasteiger partial charge in [-0.15, -0.1) is 0 Å². The first kappa shape index (κ1) is 21.3. The number of hydrogen-bond donors (Lipinski definition) is 0. The van der Waals surface area contributed by atoms with E-state index in [4.69, 9.17) is 4.18 Å². The number of carbonyl (C=O) groups excluding carboxylic acids is 1. The Balaban J connectivity index is 2.71. The van der Waals surface area contributed by atoms with Crippen molar-refractivity contribution in [1.82, 2.24) is 9.78 Å².